The summed E-state index contributed by atoms with van der Waals surface area (Å²) in [7, 11) is -0.511. The molecule has 0 heterocycles. The average Bonchev–Trinajstić information content (AvgIpc) is 2.87. The van der Waals surface area contributed by atoms with E-state index >= 15 is 0 Å². The van der Waals surface area contributed by atoms with Gasteiger partial charge < -0.3 is 32.3 Å². The van der Waals surface area contributed by atoms with Crippen LogP contribution in [0, 0.1) is 0 Å². The molecule has 0 saturated carbocycles. The summed E-state index contributed by atoms with van der Waals surface area (Å²) in [5.41, 5.74) is 2.12. The molecule has 0 aliphatic rings. The Morgan fingerprint density at radius 3 is 1.74 bits per heavy atom. The number of hydrogen-bond acceptors (Lipinski definition) is 8. The second kappa shape index (κ2) is 14.2. The fourth-order valence-electron chi connectivity index (χ4n) is 3.67. The molecule has 0 N–H and O–H groups in total. The maximum absolute atomic E-state index is 14.2. The number of rotatable bonds is 15. The molecule has 196 valence electrons. The van der Waals surface area contributed by atoms with Crippen molar-refractivity contribution in [1.82, 2.24) is 0 Å². The Balaban J connectivity index is 3.09. The lowest BCUT2D eigenvalue weighted by Crippen LogP contribution is -2.20. The molecule has 35 heavy (non-hydrogen) atoms. The Morgan fingerprint density at radius 1 is 0.714 bits per heavy atom. The van der Waals surface area contributed by atoms with Crippen LogP contribution in [0.25, 0.3) is 11.1 Å². The van der Waals surface area contributed by atoms with E-state index in [2.05, 4.69) is 0 Å². The number of hydrogen-bond donors (Lipinski definition) is 0. The van der Waals surface area contributed by atoms with Gasteiger partial charge in [-0.1, -0.05) is 6.92 Å². The highest BCUT2D eigenvalue weighted by atomic mass is 31.2. The van der Waals surface area contributed by atoms with Crippen LogP contribution in [0.4, 0.5) is 0 Å². The molecule has 0 radical (unpaired) electrons. The van der Waals surface area contributed by atoms with Crippen molar-refractivity contribution in [2.75, 3.05) is 47.8 Å². The summed E-state index contributed by atoms with van der Waals surface area (Å²) >= 11 is 0. The Morgan fingerprint density at radius 2 is 1.29 bits per heavy atom. The standard InChI is InChI=1S/C25H38O8P2/c1-9-18-14-20(28-7)25(23(15-18)35(26,32-12-4)33-13-5)24-21(29-8)16-19(27-6)17-22(24)34(30-10-2)31-11-3/h14-17H,9-13H2,1-8H3. The van der Waals surface area contributed by atoms with Crippen LogP contribution in [-0.2, 0) is 29.1 Å². The lowest BCUT2D eigenvalue weighted by molar-refractivity contribution is 0.230. The maximum Gasteiger partial charge on any atom is 0.362 e. The summed E-state index contributed by atoms with van der Waals surface area (Å²) in [4.78, 5) is 0. The van der Waals surface area contributed by atoms with Gasteiger partial charge in [0.25, 0.3) is 0 Å². The molecule has 0 aliphatic carbocycles. The molecule has 0 aromatic heterocycles. The van der Waals surface area contributed by atoms with Crippen LogP contribution in [-0.4, -0.2) is 47.8 Å². The Bertz CT molecular complexity index is 995. The SMILES string of the molecule is CCOP(OCC)c1cc(OC)cc(OC)c1-c1c(OC)cc(CC)cc1P(=O)(OCC)OCC. The minimum atomic E-state index is -3.73. The largest absolute Gasteiger partial charge is 0.497 e. The molecule has 10 heteroatoms. The van der Waals surface area contributed by atoms with Gasteiger partial charge in [0.2, 0.25) is 8.38 Å². The van der Waals surface area contributed by atoms with E-state index in [0.717, 1.165) is 5.56 Å². The van der Waals surface area contributed by atoms with E-state index in [0.29, 0.717) is 58.6 Å². The van der Waals surface area contributed by atoms with Crippen LogP contribution in [0.3, 0.4) is 0 Å². The van der Waals surface area contributed by atoms with Crippen molar-refractivity contribution in [2.24, 2.45) is 0 Å². The molecule has 0 amide bonds. The van der Waals surface area contributed by atoms with Gasteiger partial charge in [0.05, 0.1) is 53.1 Å². The molecule has 0 unspecified atom stereocenters. The third-order valence-electron chi connectivity index (χ3n) is 5.11. The minimum Gasteiger partial charge on any atom is -0.497 e. The van der Waals surface area contributed by atoms with Crippen molar-refractivity contribution < 1.29 is 36.9 Å². The van der Waals surface area contributed by atoms with Gasteiger partial charge in [-0.05, 0) is 57.9 Å². The normalized spacial score (nSPS) is 11.7. The Kier molecular flexibility index (Phi) is 12.0. The van der Waals surface area contributed by atoms with Crippen molar-refractivity contribution in [3.63, 3.8) is 0 Å². The fraction of sp³-hybridized carbons (Fsp3) is 0.520. The Labute approximate surface area is 210 Å². The average molecular weight is 529 g/mol. The van der Waals surface area contributed by atoms with Gasteiger partial charge in [-0.15, -0.1) is 0 Å². The van der Waals surface area contributed by atoms with Crippen molar-refractivity contribution >= 4 is 26.6 Å². The highest BCUT2D eigenvalue weighted by Gasteiger charge is 2.36. The maximum atomic E-state index is 14.2. The zero-order valence-electron chi connectivity index (χ0n) is 22.0. The number of aryl methyl sites for hydroxylation is 1. The lowest BCUT2D eigenvalue weighted by atomic mass is 10.00. The lowest BCUT2D eigenvalue weighted by Gasteiger charge is -2.27. The van der Waals surface area contributed by atoms with Gasteiger partial charge in [-0.3, -0.25) is 4.57 Å². The van der Waals surface area contributed by atoms with Gasteiger partial charge in [0.15, 0.2) is 0 Å². The van der Waals surface area contributed by atoms with Crippen LogP contribution in [0.2, 0.25) is 0 Å². The summed E-state index contributed by atoms with van der Waals surface area (Å²) in [6.45, 7) is 10.7. The van der Waals surface area contributed by atoms with Crippen molar-refractivity contribution in [3.05, 3.63) is 29.8 Å². The summed E-state index contributed by atoms with van der Waals surface area (Å²) in [6.07, 6.45) is 0.707. The first-order valence-corrected chi connectivity index (χ1v) is 14.5. The summed E-state index contributed by atoms with van der Waals surface area (Å²) < 4.78 is 55.0. The monoisotopic (exact) mass is 528 g/mol. The molecule has 0 saturated heterocycles. The summed E-state index contributed by atoms with van der Waals surface area (Å²) in [6, 6.07) is 7.42. The summed E-state index contributed by atoms with van der Waals surface area (Å²) in [5.74, 6) is 1.59. The predicted octanol–water partition coefficient (Wildman–Crippen LogP) is 5.84. The second-order valence-corrected chi connectivity index (χ2v) is 10.7. The molecule has 2 rings (SSSR count). The molecule has 0 aliphatic heterocycles. The number of benzene rings is 2. The smallest absolute Gasteiger partial charge is 0.362 e. The highest BCUT2D eigenvalue weighted by Crippen LogP contribution is 2.54. The molecule has 0 fully saturated rings. The molecular weight excluding hydrogens is 490 g/mol. The molecule has 8 nitrogen and oxygen atoms in total. The molecule has 0 atom stereocenters. The van der Waals surface area contributed by atoms with Gasteiger partial charge in [0, 0.05) is 22.5 Å². The van der Waals surface area contributed by atoms with Gasteiger partial charge in [-0.2, -0.15) is 0 Å². The quantitative estimate of drug-likeness (QED) is 0.267. The van der Waals surface area contributed by atoms with E-state index < -0.39 is 16.0 Å². The molecule has 2 aromatic rings. The van der Waals surface area contributed by atoms with E-state index in [1.54, 1.807) is 41.2 Å². The van der Waals surface area contributed by atoms with Crippen LogP contribution in [0.1, 0.15) is 40.2 Å². The van der Waals surface area contributed by atoms with Gasteiger partial charge in [0.1, 0.15) is 17.2 Å². The molecular formula is C25H38O8P2. The fourth-order valence-corrected chi connectivity index (χ4v) is 6.98. The van der Waals surface area contributed by atoms with Crippen molar-refractivity contribution in [3.8, 4) is 28.4 Å². The Hall–Kier alpha value is -1.66. The molecule has 2 aromatic carbocycles. The van der Waals surface area contributed by atoms with E-state index in [-0.39, 0.29) is 13.2 Å². The zero-order valence-corrected chi connectivity index (χ0v) is 23.8. The van der Waals surface area contributed by atoms with Crippen molar-refractivity contribution in [2.45, 2.75) is 41.0 Å². The first-order chi connectivity index (χ1) is 16.9. The van der Waals surface area contributed by atoms with Gasteiger partial charge >= 0.3 is 7.60 Å². The first kappa shape index (κ1) is 29.6. The topological polar surface area (TPSA) is 81.7 Å². The third-order valence-corrected chi connectivity index (χ3v) is 8.98. The van der Waals surface area contributed by atoms with Crippen LogP contribution in [0.5, 0.6) is 17.2 Å². The molecule has 0 bridgehead atoms. The number of ether oxygens (including phenoxy) is 3. The zero-order chi connectivity index (χ0) is 26.0. The first-order valence-electron chi connectivity index (χ1n) is 11.8. The van der Waals surface area contributed by atoms with E-state index in [1.807, 2.05) is 39.0 Å². The summed E-state index contributed by atoms with van der Waals surface area (Å²) in [5, 5.41) is 1.12. The van der Waals surface area contributed by atoms with Crippen molar-refractivity contribution in [1.29, 1.82) is 0 Å². The second-order valence-electron chi connectivity index (χ2n) is 7.20. The predicted molar refractivity (Wildman–Crippen MR) is 141 cm³/mol. The van der Waals surface area contributed by atoms with E-state index in [1.165, 1.54) is 0 Å². The van der Waals surface area contributed by atoms with Crippen LogP contribution >= 0.6 is 16.0 Å². The number of methoxy groups -OCH3 is 3. The van der Waals surface area contributed by atoms with Gasteiger partial charge in [-0.25, -0.2) is 0 Å². The van der Waals surface area contributed by atoms with E-state index in [4.69, 9.17) is 32.3 Å². The minimum absolute atomic E-state index is 0.215. The van der Waals surface area contributed by atoms with Crippen LogP contribution in [0.15, 0.2) is 24.3 Å². The molecule has 0 spiro atoms. The van der Waals surface area contributed by atoms with Crippen LogP contribution < -0.4 is 24.8 Å². The highest BCUT2D eigenvalue weighted by molar-refractivity contribution is 7.62. The van der Waals surface area contributed by atoms with E-state index in [9.17, 15) is 4.57 Å². The third kappa shape index (κ3) is 6.76.